The summed E-state index contributed by atoms with van der Waals surface area (Å²) in [5.74, 6) is -0.165. The second-order valence-electron chi connectivity index (χ2n) is 10.1. The molecule has 0 aliphatic carbocycles. The van der Waals surface area contributed by atoms with Gasteiger partial charge in [0.15, 0.2) is 16.8 Å². The van der Waals surface area contributed by atoms with Crippen LogP contribution >= 0.6 is 11.8 Å². The number of pyridine rings is 1. The number of amides is 3. The fourth-order valence-corrected chi connectivity index (χ4v) is 5.38. The van der Waals surface area contributed by atoms with Crippen LogP contribution < -0.4 is 19.9 Å². The third-order valence-electron chi connectivity index (χ3n) is 6.63. The van der Waals surface area contributed by atoms with Crippen LogP contribution in [0.4, 0.5) is 35.0 Å². The minimum atomic E-state index is -4.84. The van der Waals surface area contributed by atoms with Gasteiger partial charge in [0, 0.05) is 25.3 Å². The third kappa shape index (κ3) is 7.26. The number of aryl methyl sites for hydroxylation is 1. The monoisotopic (exact) mass is 649 g/mol. The number of halogens is 3. The summed E-state index contributed by atoms with van der Waals surface area (Å²) >= 11 is 1.15. The van der Waals surface area contributed by atoms with E-state index in [1.54, 1.807) is 6.07 Å². The first-order valence-corrected chi connectivity index (χ1v) is 14.8. The van der Waals surface area contributed by atoms with E-state index in [0.29, 0.717) is 11.3 Å². The Morgan fingerprint density at radius 3 is 2.65 bits per heavy atom. The highest BCUT2D eigenvalue weighted by molar-refractivity contribution is 8.15. The molecule has 236 valence electrons. The molecule has 0 bridgehead atoms. The van der Waals surface area contributed by atoms with E-state index < -0.39 is 18.1 Å². The van der Waals surface area contributed by atoms with Crippen molar-refractivity contribution in [2.45, 2.75) is 26.1 Å². The molecular weight excluding hydrogens is 623 g/mol. The summed E-state index contributed by atoms with van der Waals surface area (Å²) < 4.78 is 42.4. The molecule has 0 unspecified atom stereocenters. The van der Waals surface area contributed by atoms with Gasteiger partial charge in [-0.05, 0) is 54.4 Å². The number of rotatable bonds is 8. The summed E-state index contributed by atoms with van der Waals surface area (Å²) in [5.41, 5.74) is 3.24. The zero-order valence-corrected chi connectivity index (χ0v) is 25.6. The SMILES string of the molecule is CCCc1ccc(N(C)C)cc1N1C(=O)CSC1=NC(=O)Nc1ccc(-c2ncn(-c3ccc(OC(F)(F)F)cn3)n2)cc1C#N. The molecule has 0 spiro atoms. The lowest BCUT2D eigenvalue weighted by Gasteiger charge is -2.22. The Kier molecular flexibility index (Phi) is 9.23. The van der Waals surface area contributed by atoms with Crippen LogP contribution in [-0.2, 0) is 11.2 Å². The third-order valence-corrected chi connectivity index (χ3v) is 7.55. The van der Waals surface area contributed by atoms with Crippen LogP contribution in [-0.4, -0.2) is 63.1 Å². The van der Waals surface area contributed by atoms with E-state index in [-0.39, 0.29) is 39.7 Å². The molecule has 0 saturated carbocycles. The van der Waals surface area contributed by atoms with Gasteiger partial charge in [0.25, 0.3) is 0 Å². The van der Waals surface area contributed by atoms with Crippen molar-refractivity contribution < 1.29 is 27.5 Å². The molecule has 1 aliphatic heterocycles. The lowest BCUT2D eigenvalue weighted by molar-refractivity contribution is -0.274. The average molecular weight is 650 g/mol. The first kappa shape index (κ1) is 32.0. The molecule has 2 aromatic heterocycles. The fraction of sp³-hybridized carbons (Fsp3) is 0.233. The maximum atomic E-state index is 13.0. The van der Waals surface area contributed by atoms with E-state index in [1.807, 2.05) is 50.2 Å². The van der Waals surface area contributed by atoms with E-state index >= 15 is 0 Å². The van der Waals surface area contributed by atoms with Crippen LogP contribution in [0, 0.1) is 11.3 Å². The standard InChI is InChI=1S/C30H26F3N9O3S/c1-4-5-18-6-8-21(40(2)3)13-24(18)42-26(43)16-46-29(42)38-28(44)37-23-10-7-19(12-20(23)14-34)27-36-17-41(39-27)25-11-9-22(15-35-25)45-30(31,32)33/h6-13,15,17H,4-5,16H2,1-3H3,(H,37,44). The Bertz CT molecular complexity index is 1850. The van der Waals surface area contributed by atoms with Crippen molar-refractivity contribution in [2.75, 3.05) is 35.0 Å². The predicted molar refractivity (Wildman–Crippen MR) is 167 cm³/mol. The maximum Gasteiger partial charge on any atom is 0.573 e. The molecule has 1 aliphatic rings. The number of nitrogens with one attached hydrogen (secondary N) is 1. The first-order valence-electron chi connectivity index (χ1n) is 13.8. The Hall–Kier alpha value is -5.43. The molecule has 0 radical (unpaired) electrons. The van der Waals surface area contributed by atoms with Crippen molar-refractivity contribution in [3.63, 3.8) is 0 Å². The van der Waals surface area contributed by atoms with Crippen molar-refractivity contribution >= 4 is 45.9 Å². The molecule has 0 atom stereocenters. The van der Waals surface area contributed by atoms with E-state index in [2.05, 4.69) is 30.1 Å². The topological polar surface area (TPSA) is 142 Å². The van der Waals surface area contributed by atoms with Gasteiger partial charge in [-0.25, -0.2) is 19.4 Å². The molecule has 3 heterocycles. The number of alkyl halides is 3. The highest BCUT2D eigenvalue weighted by atomic mass is 32.2. The normalized spacial score (nSPS) is 14.0. The van der Waals surface area contributed by atoms with Gasteiger partial charge in [-0.1, -0.05) is 31.2 Å². The van der Waals surface area contributed by atoms with Crippen LogP contribution in [0.1, 0.15) is 24.5 Å². The maximum absolute atomic E-state index is 13.0. The summed E-state index contributed by atoms with van der Waals surface area (Å²) in [4.78, 5) is 41.7. The van der Waals surface area contributed by atoms with Crippen molar-refractivity contribution in [2.24, 2.45) is 4.99 Å². The number of carbonyl (C=O) groups is 2. The lowest BCUT2D eigenvalue weighted by Crippen LogP contribution is -2.31. The number of benzene rings is 2. The predicted octanol–water partition coefficient (Wildman–Crippen LogP) is 5.79. The smallest absolute Gasteiger partial charge is 0.404 e. The number of ether oxygens (including phenoxy) is 1. The van der Waals surface area contributed by atoms with Gasteiger partial charge in [-0.3, -0.25) is 9.69 Å². The summed E-state index contributed by atoms with van der Waals surface area (Å²) in [6.45, 7) is 2.04. The Labute approximate surface area is 265 Å². The van der Waals surface area contributed by atoms with E-state index in [1.165, 1.54) is 34.1 Å². The molecule has 12 nitrogen and oxygen atoms in total. The number of aromatic nitrogens is 4. The molecule has 3 amide bonds. The van der Waals surface area contributed by atoms with Crippen molar-refractivity contribution in [1.29, 1.82) is 5.26 Å². The number of hydrogen-bond donors (Lipinski definition) is 1. The summed E-state index contributed by atoms with van der Waals surface area (Å²) in [7, 11) is 3.80. The molecule has 1 fully saturated rings. The molecular formula is C30H26F3N9O3S. The largest absolute Gasteiger partial charge is 0.573 e. The lowest BCUT2D eigenvalue weighted by atomic mass is 10.1. The number of nitriles is 1. The van der Waals surface area contributed by atoms with Gasteiger partial charge >= 0.3 is 12.4 Å². The zero-order chi connectivity index (χ0) is 33.0. The minimum Gasteiger partial charge on any atom is -0.404 e. The van der Waals surface area contributed by atoms with Crippen molar-refractivity contribution in [1.82, 2.24) is 19.7 Å². The number of hydrogen-bond acceptors (Lipinski definition) is 9. The minimum absolute atomic E-state index is 0.102. The number of urea groups is 1. The molecule has 1 N–H and O–H groups in total. The van der Waals surface area contributed by atoms with Gasteiger partial charge in [-0.2, -0.15) is 10.3 Å². The number of amidine groups is 1. The summed E-state index contributed by atoms with van der Waals surface area (Å²) in [6.07, 6.45) is -1.02. The second kappa shape index (κ2) is 13.3. The van der Waals surface area contributed by atoms with Gasteiger partial charge in [0.2, 0.25) is 5.91 Å². The van der Waals surface area contributed by atoms with E-state index in [9.17, 15) is 28.0 Å². The number of nitrogens with zero attached hydrogens (tertiary/aromatic N) is 8. The molecule has 16 heteroatoms. The zero-order valence-electron chi connectivity index (χ0n) is 24.7. The van der Waals surface area contributed by atoms with Gasteiger partial charge < -0.3 is 15.0 Å². The number of anilines is 3. The Balaban J connectivity index is 1.34. The number of aliphatic imine (C=N–C) groups is 1. The van der Waals surface area contributed by atoms with Crippen molar-refractivity contribution in [3.05, 3.63) is 72.2 Å². The van der Waals surface area contributed by atoms with Crippen LogP contribution in [0.15, 0.2) is 66.0 Å². The summed E-state index contributed by atoms with van der Waals surface area (Å²) in [6, 6.07) is 14.0. The van der Waals surface area contributed by atoms with E-state index in [0.717, 1.165) is 48.1 Å². The molecule has 1 saturated heterocycles. The second-order valence-corrected chi connectivity index (χ2v) is 11.0. The van der Waals surface area contributed by atoms with Crippen molar-refractivity contribution in [3.8, 4) is 29.0 Å². The van der Waals surface area contributed by atoms with Crippen LogP contribution in [0.3, 0.4) is 0 Å². The quantitative estimate of drug-likeness (QED) is 0.251. The van der Waals surface area contributed by atoms with Crippen LogP contribution in [0.5, 0.6) is 5.75 Å². The first-order chi connectivity index (χ1) is 22.0. The van der Waals surface area contributed by atoms with Gasteiger partial charge in [-0.15, -0.1) is 18.3 Å². The number of thioether (sulfide) groups is 1. The van der Waals surface area contributed by atoms with Crippen LogP contribution in [0.25, 0.3) is 17.2 Å². The fourth-order valence-electron chi connectivity index (χ4n) is 4.52. The molecule has 5 rings (SSSR count). The van der Waals surface area contributed by atoms with Gasteiger partial charge in [0.1, 0.15) is 18.1 Å². The van der Waals surface area contributed by atoms with Crippen LogP contribution in [0.2, 0.25) is 0 Å². The molecule has 46 heavy (non-hydrogen) atoms. The molecule has 2 aromatic carbocycles. The Morgan fingerprint density at radius 1 is 1.17 bits per heavy atom. The molecule has 4 aromatic rings. The van der Waals surface area contributed by atoms with E-state index in [4.69, 9.17) is 0 Å². The highest BCUT2D eigenvalue weighted by Gasteiger charge is 2.33. The summed E-state index contributed by atoms with van der Waals surface area (Å²) in [5, 5.41) is 16.9. The Morgan fingerprint density at radius 2 is 1.98 bits per heavy atom. The van der Waals surface area contributed by atoms with Gasteiger partial charge in [0.05, 0.1) is 28.9 Å². The highest BCUT2D eigenvalue weighted by Crippen LogP contribution is 2.34. The average Bonchev–Trinajstić information content (AvgIpc) is 3.64. The number of carbonyl (C=O) groups excluding carboxylic acids is 2.